The minimum atomic E-state index is 0.108. The standard InChI is InChI=1S/C15H22BrNO2/c1-11(10-18)17-15(13-6-8-19-9-7-13)12-2-4-14(16)5-3-12/h2-5,11,13,15,17-18H,6-10H2,1H3/t11-,15?/m1/s1. The predicted octanol–water partition coefficient (Wildman–Crippen LogP) is 2.89. The van der Waals surface area contributed by atoms with Crippen LogP contribution in [0.4, 0.5) is 0 Å². The molecule has 19 heavy (non-hydrogen) atoms. The minimum Gasteiger partial charge on any atom is -0.395 e. The Morgan fingerprint density at radius 2 is 1.95 bits per heavy atom. The number of benzene rings is 1. The maximum atomic E-state index is 9.28. The molecule has 0 radical (unpaired) electrons. The van der Waals surface area contributed by atoms with E-state index in [0.717, 1.165) is 30.5 Å². The van der Waals surface area contributed by atoms with Crippen LogP contribution in [-0.2, 0) is 4.74 Å². The van der Waals surface area contributed by atoms with Gasteiger partial charge in [0.05, 0.1) is 6.61 Å². The Kier molecular flexibility index (Phi) is 5.82. The third kappa shape index (κ3) is 4.28. The van der Waals surface area contributed by atoms with E-state index < -0.39 is 0 Å². The number of hydrogen-bond acceptors (Lipinski definition) is 3. The average Bonchev–Trinajstić information content (AvgIpc) is 2.46. The summed E-state index contributed by atoms with van der Waals surface area (Å²) in [7, 11) is 0. The molecule has 0 aromatic heterocycles. The molecule has 2 atom stereocenters. The SMILES string of the molecule is C[C@H](CO)NC(c1ccc(Br)cc1)C1CCOCC1. The topological polar surface area (TPSA) is 41.5 Å². The molecule has 0 saturated carbocycles. The molecule has 0 spiro atoms. The fourth-order valence-corrected chi connectivity index (χ4v) is 2.85. The Labute approximate surface area is 123 Å². The van der Waals surface area contributed by atoms with Gasteiger partial charge in [-0.05, 0) is 43.4 Å². The highest BCUT2D eigenvalue weighted by Gasteiger charge is 2.26. The third-order valence-corrected chi connectivity index (χ3v) is 4.23. The van der Waals surface area contributed by atoms with Crippen molar-refractivity contribution in [1.29, 1.82) is 0 Å². The molecule has 1 heterocycles. The summed E-state index contributed by atoms with van der Waals surface area (Å²) in [4.78, 5) is 0. The van der Waals surface area contributed by atoms with E-state index >= 15 is 0 Å². The molecule has 1 saturated heterocycles. The molecule has 1 unspecified atom stereocenters. The van der Waals surface area contributed by atoms with Crippen LogP contribution in [0.3, 0.4) is 0 Å². The number of ether oxygens (including phenoxy) is 1. The lowest BCUT2D eigenvalue weighted by Crippen LogP contribution is -2.38. The van der Waals surface area contributed by atoms with E-state index in [9.17, 15) is 5.11 Å². The number of halogens is 1. The predicted molar refractivity (Wildman–Crippen MR) is 80.1 cm³/mol. The summed E-state index contributed by atoms with van der Waals surface area (Å²) >= 11 is 3.47. The molecule has 1 aromatic rings. The van der Waals surface area contributed by atoms with Crippen LogP contribution >= 0.6 is 15.9 Å². The Morgan fingerprint density at radius 1 is 1.32 bits per heavy atom. The minimum absolute atomic E-state index is 0.108. The van der Waals surface area contributed by atoms with E-state index in [1.54, 1.807) is 0 Å². The molecule has 4 heteroatoms. The quantitative estimate of drug-likeness (QED) is 0.873. The van der Waals surface area contributed by atoms with Gasteiger partial charge in [0.2, 0.25) is 0 Å². The molecule has 1 fully saturated rings. The van der Waals surface area contributed by atoms with Gasteiger partial charge in [-0.25, -0.2) is 0 Å². The highest BCUT2D eigenvalue weighted by Crippen LogP contribution is 2.31. The maximum absolute atomic E-state index is 9.28. The summed E-state index contributed by atoms with van der Waals surface area (Å²) < 4.78 is 6.55. The second kappa shape index (κ2) is 7.39. The van der Waals surface area contributed by atoms with Crippen LogP contribution in [0.15, 0.2) is 28.7 Å². The van der Waals surface area contributed by atoms with E-state index in [0.29, 0.717) is 12.0 Å². The van der Waals surface area contributed by atoms with Crippen molar-refractivity contribution in [1.82, 2.24) is 5.32 Å². The Morgan fingerprint density at radius 3 is 2.53 bits per heavy atom. The van der Waals surface area contributed by atoms with Crippen LogP contribution in [0.5, 0.6) is 0 Å². The largest absolute Gasteiger partial charge is 0.395 e. The van der Waals surface area contributed by atoms with Crippen molar-refractivity contribution in [3.8, 4) is 0 Å². The lowest BCUT2D eigenvalue weighted by atomic mass is 9.86. The Hall–Kier alpha value is -0.420. The summed E-state index contributed by atoms with van der Waals surface area (Å²) in [6.07, 6.45) is 2.15. The second-order valence-electron chi connectivity index (χ2n) is 5.23. The van der Waals surface area contributed by atoms with Gasteiger partial charge >= 0.3 is 0 Å². The third-order valence-electron chi connectivity index (χ3n) is 3.70. The zero-order chi connectivity index (χ0) is 13.7. The molecule has 2 rings (SSSR count). The molecule has 2 N–H and O–H groups in total. The molecule has 0 aliphatic carbocycles. The monoisotopic (exact) mass is 327 g/mol. The van der Waals surface area contributed by atoms with Gasteiger partial charge in [-0.3, -0.25) is 0 Å². The van der Waals surface area contributed by atoms with Crippen molar-refractivity contribution < 1.29 is 9.84 Å². The van der Waals surface area contributed by atoms with Gasteiger partial charge in [-0.15, -0.1) is 0 Å². The van der Waals surface area contributed by atoms with Gasteiger partial charge in [-0.1, -0.05) is 28.1 Å². The summed E-state index contributed by atoms with van der Waals surface area (Å²) in [6.45, 7) is 3.86. The van der Waals surface area contributed by atoms with Gasteiger partial charge in [0.1, 0.15) is 0 Å². The highest BCUT2D eigenvalue weighted by molar-refractivity contribution is 9.10. The average molecular weight is 328 g/mol. The normalized spacial score (nSPS) is 20.2. The smallest absolute Gasteiger partial charge is 0.0582 e. The number of nitrogens with one attached hydrogen (secondary N) is 1. The van der Waals surface area contributed by atoms with Gasteiger partial charge in [0.25, 0.3) is 0 Å². The number of hydrogen-bond donors (Lipinski definition) is 2. The second-order valence-corrected chi connectivity index (χ2v) is 6.14. The van der Waals surface area contributed by atoms with Gasteiger partial charge in [0.15, 0.2) is 0 Å². The maximum Gasteiger partial charge on any atom is 0.0582 e. The first-order chi connectivity index (χ1) is 9.20. The van der Waals surface area contributed by atoms with Crippen LogP contribution in [0.2, 0.25) is 0 Å². The summed E-state index contributed by atoms with van der Waals surface area (Å²) in [5.74, 6) is 0.573. The van der Waals surface area contributed by atoms with Gasteiger partial charge in [0, 0.05) is 29.8 Å². The summed E-state index contributed by atoms with van der Waals surface area (Å²) in [5, 5.41) is 12.8. The molecule has 1 aliphatic rings. The van der Waals surface area contributed by atoms with Crippen LogP contribution in [-0.4, -0.2) is 31.0 Å². The number of aliphatic hydroxyl groups excluding tert-OH is 1. The molecule has 1 aromatic carbocycles. The molecule has 1 aliphatic heterocycles. The van der Waals surface area contributed by atoms with Crippen molar-refractivity contribution in [2.75, 3.05) is 19.8 Å². The van der Waals surface area contributed by atoms with Crippen LogP contribution in [0.25, 0.3) is 0 Å². The van der Waals surface area contributed by atoms with Crippen molar-refractivity contribution in [3.63, 3.8) is 0 Å². The summed E-state index contributed by atoms with van der Waals surface area (Å²) in [6, 6.07) is 8.86. The number of rotatable bonds is 5. The van der Waals surface area contributed by atoms with Crippen molar-refractivity contribution >= 4 is 15.9 Å². The first-order valence-electron chi connectivity index (χ1n) is 6.91. The molecule has 0 bridgehead atoms. The first kappa shape index (κ1) is 15.0. The number of aliphatic hydroxyl groups is 1. The van der Waals surface area contributed by atoms with Crippen molar-refractivity contribution in [2.24, 2.45) is 5.92 Å². The van der Waals surface area contributed by atoms with E-state index in [4.69, 9.17) is 4.74 Å². The van der Waals surface area contributed by atoms with Crippen LogP contribution in [0.1, 0.15) is 31.4 Å². The zero-order valence-corrected chi connectivity index (χ0v) is 12.9. The van der Waals surface area contributed by atoms with E-state index in [1.807, 2.05) is 6.92 Å². The van der Waals surface area contributed by atoms with E-state index in [-0.39, 0.29) is 12.6 Å². The van der Waals surface area contributed by atoms with Crippen molar-refractivity contribution in [3.05, 3.63) is 34.3 Å². The van der Waals surface area contributed by atoms with Gasteiger partial charge < -0.3 is 15.2 Å². The first-order valence-corrected chi connectivity index (χ1v) is 7.70. The molecule has 0 amide bonds. The molecular formula is C15H22BrNO2. The van der Waals surface area contributed by atoms with Gasteiger partial charge in [-0.2, -0.15) is 0 Å². The Balaban J connectivity index is 2.14. The van der Waals surface area contributed by atoms with Crippen LogP contribution in [0, 0.1) is 5.92 Å². The fraction of sp³-hybridized carbons (Fsp3) is 0.600. The highest BCUT2D eigenvalue weighted by atomic mass is 79.9. The van der Waals surface area contributed by atoms with E-state index in [1.165, 1.54) is 5.56 Å². The fourth-order valence-electron chi connectivity index (χ4n) is 2.58. The zero-order valence-electron chi connectivity index (χ0n) is 11.3. The van der Waals surface area contributed by atoms with Crippen molar-refractivity contribution in [2.45, 2.75) is 31.8 Å². The van der Waals surface area contributed by atoms with E-state index in [2.05, 4.69) is 45.5 Å². The Bertz CT molecular complexity index is 376. The summed E-state index contributed by atoms with van der Waals surface area (Å²) in [5.41, 5.74) is 1.29. The molecule has 106 valence electrons. The molecule has 3 nitrogen and oxygen atoms in total. The molecular weight excluding hydrogens is 306 g/mol. The van der Waals surface area contributed by atoms with Crippen LogP contribution < -0.4 is 5.32 Å². The lowest BCUT2D eigenvalue weighted by Gasteiger charge is -2.33. The lowest BCUT2D eigenvalue weighted by molar-refractivity contribution is 0.0507.